The summed E-state index contributed by atoms with van der Waals surface area (Å²) in [4.78, 5) is 11.0. The fourth-order valence-corrected chi connectivity index (χ4v) is 1.19. The number of ketones is 1. The van der Waals surface area contributed by atoms with Gasteiger partial charge in [0.25, 0.3) is 0 Å². The first kappa shape index (κ1) is 12.2. The van der Waals surface area contributed by atoms with Crippen LogP contribution in [0.5, 0.6) is 0 Å². The van der Waals surface area contributed by atoms with E-state index in [0.29, 0.717) is 11.5 Å². The highest BCUT2D eigenvalue weighted by molar-refractivity contribution is 5.92. The van der Waals surface area contributed by atoms with Gasteiger partial charge in [0.2, 0.25) is 5.76 Å². The monoisotopic (exact) mass is 217 g/mol. The molecule has 0 atom stereocenters. The lowest BCUT2D eigenvalue weighted by Crippen LogP contribution is -1.86. The third-order valence-electron chi connectivity index (χ3n) is 1.93. The highest BCUT2D eigenvalue weighted by atomic mass is 16.5. The Hall–Kier alpha value is -1.90. The topological polar surface area (TPSA) is 43.1 Å². The van der Waals surface area contributed by atoms with E-state index in [-0.39, 0.29) is 5.78 Å². The molecule has 0 saturated carbocycles. The standard InChI is InChI=1S/C11H9NO2.C2H6/c1-8(13)11-7-10(12-14-11)9-5-3-2-4-6-9;1-2/h2-7H,1H3;1-2H3. The molecular formula is C13H15NO2. The lowest BCUT2D eigenvalue weighted by Gasteiger charge is -1.91. The molecule has 16 heavy (non-hydrogen) atoms. The van der Waals surface area contributed by atoms with Crippen LogP contribution in [0, 0.1) is 0 Å². The van der Waals surface area contributed by atoms with Crippen LogP contribution >= 0.6 is 0 Å². The number of aromatic nitrogens is 1. The van der Waals surface area contributed by atoms with E-state index in [9.17, 15) is 4.79 Å². The van der Waals surface area contributed by atoms with E-state index in [1.54, 1.807) is 6.07 Å². The molecule has 0 aliphatic carbocycles. The first-order valence-electron chi connectivity index (χ1n) is 5.30. The van der Waals surface area contributed by atoms with Crippen LogP contribution in [0.1, 0.15) is 31.3 Å². The van der Waals surface area contributed by atoms with Crippen molar-refractivity contribution in [2.75, 3.05) is 0 Å². The van der Waals surface area contributed by atoms with E-state index in [1.807, 2.05) is 44.2 Å². The summed E-state index contributed by atoms with van der Waals surface area (Å²) < 4.78 is 4.88. The third kappa shape index (κ3) is 2.79. The lowest BCUT2D eigenvalue weighted by molar-refractivity contribution is 0.0978. The van der Waals surface area contributed by atoms with Crippen molar-refractivity contribution in [1.29, 1.82) is 0 Å². The Morgan fingerprint density at radius 1 is 1.19 bits per heavy atom. The zero-order valence-corrected chi connectivity index (χ0v) is 9.73. The van der Waals surface area contributed by atoms with Gasteiger partial charge in [0, 0.05) is 18.6 Å². The summed E-state index contributed by atoms with van der Waals surface area (Å²) in [5.41, 5.74) is 1.64. The van der Waals surface area contributed by atoms with E-state index in [1.165, 1.54) is 6.92 Å². The van der Waals surface area contributed by atoms with Crippen molar-refractivity contribution in [1.82, 2.24) is 5.16 Å². The molecule has 0 fully saturated rings. The molecule has 0 aliphatic rings. The number of carbonyl (C=O) groups is 1. The first-order valence-corrected chi connectivity index (χ1v) is 5.30. The van der Waals surface area contributed by atoms with Crippen molar-refractivity contribution in [3.63, 3.8) is 0 Å². The van der Waals surface area contributed by atoms with Gasteiger partial charge in [-0.3, -0.25) is 4.79 Å². The highest BCUT2D eigenvalue weighted by Crippen LogP contribution is 2.18. The Bertz CT molecular complexity index is 446. The first-order chi connectivity index (χ1) is 7.77. The van der Waals surface area contributed by atoms with Crippen LogP contribution in [-0.2, 0) is 0 Å². The molecule has 2 aromatic rings. The summed E-state index contributed by atoms with van der Waals surface area (Å²) in [7, 11) is 0. The van der Waals surface area contributed by atoms with Gasteiger partial charge in [-0.15, -0.1) is 0 Å². The van der Waals surface area contributed by atoms with E-state index in [4.69, 9.17) is 4.52 Å². The zero-order valence-electron chi connectivity index (χ0n) is 9.73. The summed E-state index contributed by atoms with van der Waals surface area (Å²) in [6.45, 7) is 5.45. The van der Waals surface area contributed by atoms with Crippen LogP contribution in [0.3, 0.4) is 0 Å². The molecule has 1 aromatic heterocycles. The van der Waals surface area contributed by atoms with Crippen molar-refractivity contribution in [3.8, 4) is 11.3 Å². The van der Waals surface area contributed by atoms with Crippen LogP contribution in [0.25, 0.3) is 11.3 Å². The molecule has 0 amide bonds. The summed E-state index contributed by atoms with van der Waals surface area (Å²) in [5, 5.41) is 3.81. The molecule has 0 saturated heterocycles. The summed E-state index contributed by atoms with van der Waals surface area (Å²) in [6, 6.07) is 11.2. The number of Topliss-reactive ketones (excluding diaryl/α,β-unsaturated/α-hetero) is 1. The van der Waals surface area contributed by atoms with Crippen LogP contribution < -0.4 is 0 Å². The maximum Gasteiger partial charge on any atom is 0.202 e. The molecule has 3 heteroatoms. The van der Waals surface area contributed by atoms with Crippen molar-refractivity contribution in [3.05, 3.63) is 42.2 Å². The molecule has 3 nitrogen and oxygen atoms in total. The molecule has 1 aromatic carbocycles. The number of rotatable bonds is 2. The molecule has 0 unspecified atom stereocenters. The lowest BCUT2D eigenvalue weighted by atomic mass is 10.1. The maximum atomic E-state index is 11.0. The second kappa shape index (κ2) is 5.85. The van der Waals surface area contributed by atoms with Gasteiger partial charge in [0.05, 0.1) is 0 Å². The average molecular weight is 217 g/mol. The van der Waals surface area contributed by atoms with Crippen LogP contribution in [0.4, 0.5) is 0 Å². The number of hydrogen-bond acceptors (Lipinski definition) is 3. The van der Waals surface area contributed by atoms with Gasteiger partial charge in [0.15, 0.2) is 5.78 Å². The van der Waals surface area contributed by atoms with Gasteiger partial charge >= 0.3 is 0 Å². The van der Waals surface area contributed by atoms with Crippen molar-refractivity contribution >= 4 is 5.78 Å². The molecular weight excluding hydrogens is 202 g/mol. The quantitative estimate of drug-likeness (QED) is 0.722. The fourth-order valence-electron chi connectivity index (χ4n) is 1.19. The van der Waals surface area contributed by atoms with Gasteiger partial charge < -0.3 is 4.52 Å². The molecule has 0 spiro atoms. The third-order valence-corrected chi connectivity index (χ3v) is 1.93. The van der Waals surface area contributed by atoms with E-state index < -0.39 is 0 Å². The molecule has 0 bridgehead atoms. The second-order valence-corrected chi connectivity index (χ2v) is 3.00. The molecule has 2 rings (SSSR count). The van der Waals surface area contributed by atoms with Gasteiger partial charge in [0.1, 0.15) is 5.69 Å². The molecule has 84 valence electrons. The Labute approximate surface area is 95.1 Å². The molecule has 0 aliphatic heterocycles. The maximum absolute atomic E-state index is 11.0. The molecule has 1 heterocycles. The normalized spacial score (nSPS) is 9.19. The van der Waals surface area contributed by atoms with E-state index in [2.05, 4.69) is 5.16 Å². The predicted molar refractivity (Wildman–Crippen MR) is 63.3 cm³/mol. The van der Waals surface area contributed by atoms with Crippen molar-refractivity contribution in [2.24, 2.45) is 0 Å². The largest absolute Gasteiger partial charge is 0.353 e. The van der Waals surface area contributed by atoms with E-state index in [0.717, 1.165) is 5.56 Å². The van der Waals surface area contributed by atoms with Crippen LogP contribution in [0.2, 0.25) is 0 Å². The minimum Gasteiger partial charge on any atom is -0.353 e. The Balaban J connectivity index is 0.000000606. The molecule has 0 radical (unpaired) electrons. The summed E-state index contributed by atoms with van der Waals surface area (Å²) >= 11 is 0. The Kier molecular flexibility index (Phi) is 4.45. The Morgan fingerprint density at radius 3 is 2.31 bits per heavy atom. The fraction of sp³-hybridized carbons (Fsp3) is 0.231. The number of hydrogen-bond donors (Lipinski definition) is 0. The van der Waals surface area contributed by atoms with Crippen molar-refractivity contribution in [2.45, 2.75) is 20.8 Å². The zero-order chi connectivity index (χ0) is 12.0. The average Bonchev–Trinajstić information content (AvgIpc) is 2.82. The van der Waals surface area contributed by atoms with Crippen molar-refractivity contribution < 1.29 is 9.32 Å². The number of nitrogens with zero attached hydrogens (tertiary/aromatic N) is 1. The van der Waals surface area contributed by atoms with Gasteiger partial charge in [-0.1, -0.05) is 49.3 Å². The van der Waals surface area contributed by atoms with E-state index >= 15 is 0 Å². The van der Waals surface area contributed by atoms with Gasteiger partial charge in [-0.25, -0.2) is 0 Å². The SMILES string of the molecule is CC.CC(=O)c1cc(-c2ccccc2)no1. The predicted octanol–water partition coefficient (Wildman–Crippen LogP) is 3.57. The minimum absolute atomic E-state index is 0.111. The Morgan fingerprint density at radius 2 is 1.81 bits per heavy atom. The number of benzene rings is 1. The summed E-state index contributed by atoms with van der Waals surface area (Å²) in [5.74, 6) is 0.184. The highest BCUT2D eigenvalue weighted by Gasteiger charge is 2.08. The smallest absolute Gasteiger partial charge is 0.202 e. The van der Waals surface area contributed by atoms with Crippen LogP contribution in [-0.4, -0.2) is 10.9 Å². The summed E-state index contributed by atoms with van der Waals surface area (Å²) in [6.07, 6.45) is 0. The minimum atomic E-state index is -0.111. The van der Waals surface area contributed by atoms with Crippen LogP contribution in [0.15, 0.2) is 40.9 Å². The van der Waals surface area contributed by atoms with Gasteiger partial charge in [-0.05, 0) is 0 Å². The van der Waals surface area contributed by atoms with Gasteiger partial charge in [-0.2, -0.15) is 0 Å². The molecule has 0 N–H and O–H groups in total. The number of carbonyl (C=O) groups excluding carboxylic acids is 1. The second-order valence-electron chi connectivity index (χ2n) is 3.00.